The van der Waals surface area contributed by atoms with Gasteiger partial charge in [0.15, 0.2) is 8.02 Å². The van der Waals surface area contributed by atoms with Crippen LogP contribution in [0.3, 0.4) is 0 Å². The monoisotopic (exact) mass is 322 g/mol. The molecule has 0 amide bonds. The van der Waals surface area contributed by atoms with Gasteiger partial charge >= 0.3 is 0 Å². The van der Waals surface area contributed by atoms with Crippen LogP contribution >= 0.6 is 33.9 Å². The van der Waals surface area contributed by atoms with Crippen molar-refractivity contribution in [3.63, 3.8) is 0 Å². The minimum Gasteiger partial charge on any atom is -0.507 e. The van der Waals surface area contributed by atoms with E-state index in [0.29, 0.717) is 10.6 Å². The maximum Gasteiger partial charge on any atom is 0.178 e. The maximum atomic E-state index is 12.7. The third-order valence-corrected chi connectivity index (χ3v) is 3.21. The average molecular weight is 322 g/mol. The highest BCUT2D eigenvalue weighted by Gasteiger charge is 2.09. The molecule has 2 aromatic rings. The van der Waals surface area contributed by atoms with Crippen LogP contribution in [0.25, 0.3) is 10.6 Å². The first kappa shape index (κ1) is 9.78. The van der Waals surface area contributed by atoms with Gasteiger partial charge in [-0.05, 0) is 34.7 Å². The summed E-state index contributed by atoms with van der Waals surface area (Å²) in [6, 6.07) is 3.83. The van der Waals surface area contributed by atoms with Crippen LogP contribution in [-0.4, -0.2) is 15.3 Å². The van der Waals surface area contributed by atoms with Gasteiger partial charge in [0, 0.05) is 6.07 Å². The van der Waals surface area contributed by atoms with Crippen molar-refractivity contribution in [2.24, 2.45) is 0 Å². The Morgan fingerprint density at radius 1 is 1.36 bits per heavy atom. The number of nitrogens with zero attached hydrogens (tertiary/aromatic N) is 2. The molecule has 0 spiro atoms. The van der Waals surface area contributed by atoms with Gasteiger partial charge in [0.2, 0.25) is 0 Å². The topological polar surface area (TPSA) is 46.0 Å². The fraction of sp³-hybridized carbons (Fsp3) is 0. The van der Waals surface area contributed by atoms with Crippen LogP contribution in [0.4, 0.5) is 4.39 Å². The molecule has 1 aromatic heterocycles. The predicted molar refractivity (Wildman–Crippen MR) is 59.7 cm³/mol. The van der Waals surface area contributed by atoms with E-state index >= 15 is 0 Å². The summed E-state index contributed by atoms with van der Waals surface area (Å²) in [4.78, 5) is 0. The van der Waals surface area contributed by atoms with Gasteiger partial charge in [-0.15, -0.1) is 10.2 Å². The Morgan fingerprint density at radius 3 is 2.71 bits per heavy atom. The molecule has 0 fully saturated rings. The molecule has 0 aliphatic carbocycles. The minimum absolute atomic E-state index is 0.113. The average Bonchev–Trinajstić information content (AvgIpc) is 2.51. The summed E-state index contributed by atoms with van der Waals surface area (Å²) in [5.74, 6) is -0.581. The predicted octanol–water partition coefficient (Wildman–Crippen LogP) is 2.65. The van der Waals surface area contributed by atoms with Crippen LogP contribution in [0.5, 0.6) is 5.75 Å². The van der Waals surface area contributed by atoms with Gasteiger partial charge in [-0.2, -0.15) is 0 Å². The zero-order valence-corrected chi connectivity index (χ0v) is 9.71. The van der Waals surface area contributed by atoms with E-state index < -0.39 is 5.82 Å². The summed E-state index contributed by atoms with van der Waals surface area (Å²) < 4.78 is 13.5. The van der Waals surface area contributed by atoms with E-state index in [1.807, 2.05) is 22.6 Å². The lowest BCUT2D eigenvalue weighted by Gasteiger charge is -1.98. The highest BCUT2D eigenvalue weighted by atomic mass is 127. The summed E-state index contributed by atoms with van der Waals surface area (Å²) in [5, 5.41) is 17.7. The van der Waals surface area contributed by atoms with Crippen molar-refractivity contribution in [2.45, 2.75) is 0 Å². The van der Waals surface area contributed by atoms with Crippen LogP contribution in [-0.2, 0) is 0 Å². The van der Waals surface area contributed by atoms with E-state index in [0.717, 1.165) is 9.08 Å². The van der Waals surface area contributed by atoms with Crippen molar-refractivity contribution >= 4 is 33.9 Å². The van der Waals surface area contributed by atoms with Crippen molar-refractivity contribution in [3.05, 3.63) is 27.0 Å². The second-order valence-electron chi connectivity index (χ2n) is 2.52. The van der Waals surface area contributed by atoms with Crippen LogP contribution < -0.4 is 0 Å². The molecule has 3 nitrogen and oxygen atoms in total. The number of phenols is 1. The maximum absolute atomic E-state index is 12.7. The zero-order valence-electron chi connectivity index (χ0n) is 6.74. The van der Waals surface area contributed by atoms with E-state index in [2.05, 4.69) is 10.2 Å². The van der Waals surface area contributed by atoms with Gasteiger partial charge in [0.05, 0.1) is 5.56 Å². The molecule has 0 saturated heterocycles. The standard InChI is InChI=1S/C8H4FIN2OS/c9-4-1-2-5(6(13)3-4)7-11-12-8(10)14-7/h1-3,13H. The first-order chi connectivity index (χ1) is 6.66. The number of aromatic nitrogens is 2. The van der Waals surface area contributed by atoms with E-state index in [4.69, 9.17) is 0 Å². The summed E-state index contributed by atoms with van der Waals surface area (Å²) in [6.07, 6.45) is 0. The van der Waals surface area contributed by atoms with Crippen molar-refractivity contribution in [2.75, 3.05) is 0 Å². The fourth-order valence-corrected chi connectivity index (χ4v) is 2.34. The summed E-state index contributed by atoms with van der Waals surface area (Å²) in [5.41, 5.74) is 0.506. The SMILES string of the molecule is Oc1cc(F)ccc1-c1nnc(I)s1. The lowest BCUT2D eigenvalue weighted by atomic mass is 10.2. The fourth-order valence-electron chi connectivity index (χ4n) is 1.000. The Hall–Kier alpha value is -0.760. The summed E-state index contributed by atoms with van der Waals surface area (Å²) >= 11 is 3.38. The second-order valence-corrected chi connectivity index (χ2v) is 5.25. The molecule has 0 aliphatic heterocycles. The van der Waals surface area contributed by atoms with Gasteiger partial charge in [-0.25, -0.2) is 4.39 Å². The second kappa shape index (κ2) is 3.77. The zero-order chi connectivity index (χ0) is 10.1. The van der Waals surface area contributed by atoms with Crippen molar-refractivity contribution in [1.82, 2.24) is 10.2 Å². The highest BCUT2D eigenvalue weighted by Crippen LogP contribution is 2.31. The Bertz CT molecular complexity index is 474. The van der Waals surface area contributed by atoms with E-state index in [1.54, 1.807) is 0 Å². The van der Waals surface area contributed by atoms with Crippen LogP contribution in [0.15, 0.2) is 18.2 Å². The van der Waals surface area contributed by atoms with Gasteiger partial charge in [0.1, 0.15) is 11.6 Å². The molecule has 0 radical (unpaired) electrons. The van der Waals surface area contributed by atoms with Crippen LogP contribution in [0.1, 0.15) is 0 Å². The van der Waals surface area contributed by atoms with Crippen molar-refractivity contribution < 1.29 is 9.50 Å². The lowest BCUT2D eigenvalue weighted by Crippen LogP contribution is -1.80. The number of halogens is 2. The van der Waals surface area contributed by atoms with Gasteiger partial charge < -0.3 is 5.11 Å². The normalized spacial score (nSPS) is 10.4. The molecule has 0 aliphatic rings. The summed E-state index contributed by atoms with van der Waals surface area (Å²) in [6.45, 7) is 0. The molecular formula is C8H4FIN2OS. The Labute approximate surface area is 96.8 Å². The molecular weight excluding hydrogens is 318 g/mol. The van der Waals surface area contributed by atoms with Crippen molar-refractivity contribution in [3.8, 4) is 16.3 Å². The van der Waals surface area contributed by atoms with E-state index in [-0.39, 0.29) is 5.75 Å². The van der Waals surface area contributed by atoms with Gasteiger partial charge in [0.25, 0.3) is 0 Å². The number of hydrogen-bond donors (Lipinski definition) is 1. The van der Waals surface area contributed by atoms with Crippen LogP contribution in [0, 0.1) is 8.83 Å². The van der Waals surface area contributed by atoms with E-state index in [1.165, 1.54) is 23.5 Å². The highest BCUT2D eigenvalue weighted by molar-refractivity contribution is 14.1. The number of rotatable bonds is 1. The molecule has 1 heterocycles. The molecule has 2 rings (SSSR count). The first-order valence-electron chi connectivity index (χ1n) is 3.65. The molecule has 72 valence electrons. The Balaban J connectivity index is 2.52. The third kappa shape index (κ3) is 1.85. The molecule has 0 bridgehead atoms. The van der Waals surface area contributed by atoms with Crippen molar-refractivity contribution in [1.29, 1.82) is 0 Å². The Morgan fingerprint density at radius 2 is 2.14 bits per heavy atom. The summed E-state index contributed by atoms with van der Waals surface area (Å²) in [7, 11) is 0. The minimum atomic E-state index is -0.467. The molecule has 0 saturated carbocycles. The quantitative estimate of drug-likeness (QED) is 0.821. The van der Waals surface area contributed by atoms with Gasteiger partial charge in [-0.3, -0.25) is 0 Å². The molecule has 14 heavy (non-hydrogen) atoms. The lowest BCUT2D eigenvalue weighted by molar-refractivity contribution is 0.471. The first-order valence-corrected chi connectivity index (χ1v) is 5.54. The number of aromatic hydroxyl groups is 1. The molecule has 0 unspecified atom stereocenters. The number of phenolic OH excluding ortho intramolecular Hbond substituents is 1. The van der Waals surface area contributed by atoms with Gasteiger partial charge in [-0.1, -0.05) is 11.3 Å². The molecule has 1 aromatic carbocycles. The van der Waals surface area contributed by atoms with Crippen LogP contribution in [0.2, 0.25) is 0 Å². The Kier molecular flexibility index (Phi) is 2.64. The largest absolute Gasteiger partial charge is 0.507 e. The smallest absolute Gasteiger partial charge is 0.178 e. The number of hydrogen-bond acceptors (Lipinski definition) is 4. The van der Waals surface area contributed by atoms with E-state index in [9.17, 15) is 9.50 Å². The molecule has 1 N–H and O–H groups in total. The molecule has 0 atom stereocenters. The third-order valence-electron chi connectivity index (χ3n) is 1.59. The molecule has 6 heteroatoms. The number of benzene rings is 1.